The maximum atomic E-state index is 9.02. The molecule has 114 valence electrons. The van der Waals surface area contributed by atoms with Crippen molar-refractivity contribution in [1.29, 1.82) is 0 Å². The molecule has 3 aromatic rings. The van der Waals surface area contributed by atoms with E-state index in [1.165, 1.54) is 0 Å². The molecule has 0 atom stereocenters. The summed E-state index contributed by atoms with van der Waals surface area (Å²) in [5.74, 6) is 1.24. The number of para-hydroxylation sites is 1. The van der Waals surface area contributed by atoms with Crippen LogP contribution in [0, 0.1) is 0 Å². The van der Waals surface area contributed by atoms with Crippen molar-refractivity contribution in [2.45, 2.75) is 0 Å². The average Bonchev–Trinajstić information content (AvgIpc) is 2.94. The fourth-order valence-corrected chi connectivity index (χ4v) is 2.24. The third kappa shape index (κ3) is 2.58. The Kier molecular flexibility index (Phi) is 3.88. The molecule has 0 bridgehead atoms. The number of nitrogens with one attached hydrogen (secondary N) is 1. The van der Waals surface area contributed by atoms with Crippen LogP contribution in [0.3, 0.4) is 0 Å². The first-order valence-corrected chi connectivity index (χ1v) is 7.04. The van der Waals surface area contributed by atoms with Crippen LogP contribution in [-0.4, -0.2) is 45.1 Å². The van der Waals surface area contributed by atoms with Gasteiger partial charge in [0, 0.05) is 26.3 Å². The highest BCUT2D eigenvalue weighted by molar-refractivity contribution is 5.87. The molecule has 0 aliphatic heterocycles. The third-order valence-corrected chi connectivity index (χ3v) is 3.43. The van der Waals surface area contributed by atoms with E-state index in [0.717, 1.165) is 16.7 Å². The number of aryl methyl sites for hydroxylation is 1. The highest BCUT2D eigenvalue weighted by atomic mass is 16.3. The SMILES string of the molecule is CN(c1ccccc1)c1nc(NCCO)c2cnn(C)c2n1. The van der Waals surface area contributed by atoms with E-state index in [0.29, 0.717) is 18.3 Å². The molecule has 0 radical (unpaired) electrons. The Bertz CT molecular complexity index is 770. The average molecular weight is 298 g/mol. The summed E-state index contributed by atoms with van der Waals surface area (Å²) in [6.07, 6.45) is 1.72. The van der Waals surface area contributed by atoms with Crippen LogP contribution in [-0.2, 0) is 7.05 Å². The number of aromatic nitrogens is 4. The minimum Gasteiger partial charge on any atom is -0.395 e. The maximum absolute atomic E-state index is 9.02. The number of hydrogen-bond donors (Lipinski definition) is 2. The molecule has 0 fully saturated rings. The summed E-state index contributed by atoms with van der Waals surface area (Å²) in [5, 5.41) is 17.2. The number of hydrogen-bond acceptors (Lipinski definition) is 6. The Balaban J connectivity index is 2.07. The predicted octanol–water partition coefficient (Wildman–Crippen LogP) is 1.54. The first kappa shape index (κ1) is 14.3. The van der Waals surface area contributed by atoms with E-state index in [9.17, 15) is 0 Å². The topological polar surface area (TPSA) is 79.1 Å². The van der Waals surface area contributed by atoms with Gasteiger partial charge in [0.1, 0.15) is 5.82 Å². The number of rotatable bonds is 5. The summed E-state index contributed by atoms with van der Waals surface area (Å²) >= 11 is 0. The van der Waals surface area contributed by atoms with E-state index in [-0.39, 0.29) is 6.61 Å². The quantitative estimate of drug-likeness (QED) is 0.744. The Hall–Kier alpha value is -2.67. The van der Waals surface area contributed by atoms with Gasteiger partial charge in [-0.15, -0.1) is 0 Å². The molecule has 0 spiro atoms. The number of benzene rings is 1. The van der Waals surface area contributed by atoms with Crippen LogP contribution in [0.1, 0.15) is 0 Å². The van der Waals surface area contributed by atoms with Crippen molar-refractivity contribution in [2.75, 3.05) is 30.4 Å². The Morgan fingerprint density at radius 3 is 2.73 bits per heavy atom. The van der Waals surface area contributed by atoms with Crippen LogP contribution in [0.4, 0.5) is 17.5 Å². The van der Waals surface area contributed by atoms with Gasteiger partial charge < -0.3 is 15.3 Å². The Morgan fingerprint density at radius 2 is 2.00 bits per heavy atom. The lowest BCUT2D eigenvalue weighted by atomic mass is 10.3. The first-order valence-electron chi connectivity index (χ1n) is 7.04. The summed E-state index contributed by atoms with van der Waals surface area (Å²) in [6.45, 7) is 0.463. The van der Waals surface area contributed by atoms with Gasteiger partial charge in [-0.3, -0.25) is 4.68 Å². The summed E-state index contributed by atoms with van der Waals surface area (Å²) < 4.78 is 1.71. The number of aliphatic hydroxyl groups is 1. The molecular formula is C15H18N6O. The number of anilines is 3. The summed E-state index contributed by atoms with van der Waals surface area (Å²) in [6, 6.07) is 9.91. The van der Waals surface area contributed by atoms with Crippen LogP contribution in [0.2, 0.25) is 0 Å². The van der Waals surface area contributed by atoms with Crippen LogP contribution in [0.5, 0.6) is 0 Å². The molecule has 2 heterocycles. The van der Waals surface area contributed by atoms with Crippen LogP contribution in [0.25, 0.3) is 11.0 Å². The molecule has 0 saturated heterocycles. The third-order valence-electron chi connectivity index (χ3n) is 3.43. The molecule has 0 aliphatic rings. The molecule has 0 unspecified atom stereocenters. The number of fused-ring (bicyclic) bond motifs is 1. The van der Waals surface area contributed by atoms with Gasteiger partial charge in [0.25, 0.3) is 0 Å². The van der Waals surface area contributed by atoms with E-state index in [4.69, 9.17) is 5.11 Å². The summed E-state index contributed by atoms with van der Waals surface area (Å²) in [7, 11) is 3.76. The lowest BCUT2D eigenvalue weighted by molar-refractivity contribution is 0.311. The van der Waals surface area contributed by atoms with Crippen LogP contribution < -0.4 is 10.2 Å². The molecule has 2 aromatic heterocycles. The standard InChI is InChI=1S/C15H18N6O/c1-20(11-6-4-3-5-7-11)15-18-13(16-8-9-22)12-10-17-21(2)14(12)19-15/h3-7,10,22H,8-9H2,1-2H3,(H,16,18,19). The largest absolute Gasteiger partial charge is 0.395 e. The summed E-state index contributed by atoms with van der Waals surface area (Å²) in [5.41, 5.74) is 1.74. The second kappa shape index (κ2) is 5.98. The molecule has 1 aromatic carbocycles. The van der Waals surface area contributed by atoms with Gasteiger partial charge in [0.05, 0.1) is 18.2 Å². The van der Waals surface area contributed by atoms with Crippen molar-refractivity contribution in [1.82, 2.24) is 19.7 Å². The molecule has 0 aliphatic carbocycles. The van der Waals surface area contributed by atoms with Gasteiger partial charge in [-0.2, -0.15) is 15.1 Å². The normalized spacial score (nSPS) is 10.9. The van der Waals surface area contributed by atoms with Gasteiger partial charge in [0.15, 0.2) is 5.65 Å². The van der Waals surface area contributed by atoms with Gasteiger partial charge >= 0.3 is 0 Å². The lowest BCUT2D eigenvalue weighted by Crippen LogP contribution is -2.15. The molecule has 3 rings (SSSR count). The second-order valence-electron chi connectivity index (χ2n) is 4.92. The summed E-state index contributed by atoms with van der Waals surface area (Å²) in [4.78, 5) is 11.1. The van der Waals surface area contributed by atoms with Crippen molar-refractivity contribution in [3.05, 3.63) is 36.5 Å². The highest BCUT2D eigenvalue weighted by Gasteiger charge is 2.14. The fourth-order valence-electron chi connectivity index (χ4n) is 2.24. The maximum Gasteiger partial charge on any atom is 0.233 e. The van der Waals surface area contributed by atoms with Crippen molar-refractivity contribution in [3.63, 3.8) is 0 Å². The lowest BCUT2D eigenvalue weighted by Gasteiger charge is -2.18. The zero-order valence-corrected chi connectivity index (χ0v) is 12.6. The Morgan fingerprint density at radius 1 is 1.23 bits per heavy atom. The van der Waals surface area contributed by atoms with Crippen molar-refractivity contribution in [3.8, 4) is 0 Å². The first-order chi connectivity index (χ1) is 10.7. The van der Waals surface area contributed by atoms with Gasteiger partial charge in [0.2, 0.25) is 5.95 Å². The van der Waals surface area contributed by atoms with Crippen LogP contribution >= 0.6 is 0 Å². The fraction of sp³-hybridized carbons (Fsp3) is 0.267. The van der Waals surface area contributed by atoms with Gasteiger partial charge in [-0.1, -0.05) is 18.2 Å². The van der Waals surface area contributed by atoms with E-state index < -0.39 is 0 Å². The zero-order chi connectivity index (χ0) is 15.5. The van der Waals surface area contributed by atoms with Gasteiger partial charge in [-0.25, -0.2) is 0 Å². The van der Waals surface area contributed by atoms with Crippen LogP contribution in [0.15, 0.2) is 36.5 Å². The molecule has 7 nitrogen and oxygen atoms in total. The second-order valence-corrected chi connectivity index (χ2v) is 4.92. The molecule has 0 saturated carbocycles. The van der Waals surface area contributed by atoms with Gasteiger partial charge in [-0.05, 0) is 12.1 Å². The number of nitrogens with zero attached hydrogens (tertiary/aromatic N) is 5. The monoisotopic (exact) mass is 298 g/mol. The predicted molar refractivity (Wildman–Crippen MR) is 86.4 cm³/mol. The minimum absolute atomic E-state index is 0.0373. The molecule has 0 amide bonds. The molecule has 7 heteroatoms. The van der Waals surface area contributed by atoms with E-state index in [1.54, 1.807) is 10.9 Å². The smallest absolute Gasteiger partial charge is 0.233 e. The molecule has 2 N–H and O–H groups in total. The highest BCUT2D eigenvalue weighted by Crippen LogP contribution is 2.26. The van der Waals surface area contributed by atoms with Crippen molar-refractivity contribution in [2.24, 2.45) is 7.05 Å². The van der Waals surface area contributed by atoms with E-state index >= 15 is 0 Å². The van der Waals surface area contributed by atoms with Crippen molar-refractivity contribution < 1.29 is 5.11 Å². The minimum atomic E-state index is 0.0373. The van der Waals surface area contributed by atoms with E-state index in [1.807, 2.05) is 49.3 Å². The Labute approximate surface area is 128 Å². The zero-order valence-electron chi connectivity index (χ0n) is 12.6. The van der Waals surface area contributed by atoms with Crippen molar-refractivity contribution >= 4 is 28.5 Å². The molecular weight excluding hydrogens is 280 g/mol. The van der Waals surface area contributed by atoms with E-state index in [2.05, 4.69) is 20.4 Å². The number of aliphatic hydroxyl groups excluding tert-OH is 1. The molecule has 22 heavy (non-hydrogen) atoms.